The lowest BCUT2D eigenvalue weighted by molar-refractivity contribution is -0.123. The van der Waals surface area contributed by atoms with Crippen molar-refractivity contribution in [3.05, 3.63) is 60.2 Å². The molecule has 2 amide bonds. The van der Waals surface area contributed by atoms with E-state index in [1.807, 2.05) is 32.9 Å². The van der Waals surface area contributed by atoms with Crippen LogP contribution in [-0.4, -0.2) is 16.8 Å². The van der Waals surface area contributed by atoms with Crippen molar-refractivity contribution in [2.24, 2.45) is 5.41 Å². The molecule has 1 heterocycles. The van der Waals surface area contributed by atoms with Gasteiger partial charge in [-0.1, -0.05) is 51.6 Å². The first kappa shape index (κ1) is 17.4. The van der Waals surface area contributed by atoms with Crippen LogP contribution in [0.1, 0.15) is 36.7 Å². The van der Waals surface area contributed by atoms with Crippen LogP contribution in [0.2, 0.25) is 0 Å². The fraction of sp³-hybridized carbons (Fsp3) is 0.211. The number of rotatable bonds is 4. The largest absolute Gasteiger partial charge is 0.310 e. The lowest BCUT2D eigenvalue weighted by Gasteiger charge is -2.17. The second-order valence-corrected chi connectivity index (χ2v) is 6.39. The molecular formula is C19H21N3O2. The fourth-order valence-corrected chi connectivity index (χ4v) is 1.84. The summed E-state index contributed by atoms with van der Waals surface area (Å²) >= 11 is 0. The fourth-order valence-electron chi connectivity index (χ4n) is 1.84. The van der Waals surface area contributed by atoms with Crippen LogP contribution < -0.4 is 10.6 Å². The predicted octanol–water partition coefficient (Wildman–Crippen LogP) is 3.96. The van der Waals surface area contributed by atoms with Gasteiger partial charge in [0.15, 0.2) is 0 Å². The molecule has 0 fully saturated rings. The van der Waals surface area contributed by atoms with E-state index in [-0.39, 0.29) is 11.8 Å². The van der Waals surface area contributed by atoms with Gasteiger partial charge in [0, 0.05) is 11.0 Å². The minimum absolute atomic E-state index is 0.140. The van der Waals surface area contributed by atoms with Crippen LogP contribution in [0.4, 0.5) is 11.6 Å². The molecule has 5 nitrogen and oxygen atoms in total. The third-order valence-corrected chi connectivity index (χ3v) is 3.32. The molecular weight excluding hydrogens is 302 g/mol. The van der Waals surface area contributed by atoms with E-state index in [2.05, 4.69) is 22.2 Å². The summed E-state index contributed by atoms with van der Waals surface area (Å²) in [6.45, 7) is 9.14. The van der Waals surface area contributed by atoms with Crippen LogP contribution in [0.3, 0.4) is 0 Å². The van der Waals surface area contributed by atoms with Crippen LogP contribution >= 0.6 is 0 Å². The molecule has 0 saturated carbocycles. The van der Waals surface area contributed by atoms with E-state index in [0.29, 0.717) is 17.2 Å². The Kier molecular flexibility index (Phi) is 5.14. The van der Waals surface area contributed by atoms with Gasteiger partial charge in [-0.25, -0.2) is 4.98 Å². The van der Waals surface area contributed by atoms with Crippen LogP contribution in [0.25, 0.3) is 6.08 Å². The zero-order chi connectivity index (χ0) is 17.7. The standard InChI is InChI=1S/C19H21N3O2/c1-5-13-9-11-14(12-10-13)17(23)21-15-7-6-8-16(20-15)22-18(24)19(2,3)4/h5-12H,1H2,2-4H3,(H2,20,21,22,23,24). The van der Waals surface area contributed by atoms with Gasteiger partial charge in [-0.15, -0.1) is 0 Å². The molecule has 0 atom stereocenters. The molecule has 1 aromatic carbocycles. The van der Waals surface area contributed by atoms with Crippen molar-refractivity contribution in [2.45, 2.75) is 20.8 Å². The normalized spacial score (nSPS) is 10.8. The number of carbonyl (C=O) groups excluding carboxylic acids is 2. The highest BCUT2D eigenvalue weighted by Crippen LogP contribution is 2.17. The Balaban J connectivity index is 2.09. The van der Waals surface area contributed by atoms with E-state index < -0.39 is 5.41 Å². The third-order valence-electron chi connectivity index (χ3n) is 3.32. The Bertz CT molecular complexity index is 759. The minimum atomic E-state index is -0.520. The number of nitrogens with zero attached hydrogens (tertiary/aromatic N) is 1. The smallest absolute Gasteiger partial charge is 0.256 e. The number of pyridine rings is 1. The molecule has 24 heavy (non-hydrogen) atoms. The van der Waals surface area contributed by atoms with E-state index >= 15 is 0 Å². The molecule has 2 N–H and O–H groups in total. The van der Waals surface area contributed by atoms with Crippen molar-refractivity contribution in [3.8, 4) is 0 Å². The average molecular weight is 323 g/mol. The van der Waals surface area contributed by atoms with Gasteiger partial charge in [-0.3, -0.25) is 9.59 Å². The molecule has 5 heteroatoms. The van der Waals surface area contributed by atoms with E-state index in [0.717, 1.165) is 5.56 Å². The number of aromatic nitrogens is 1. The van der Waals surface area contributed by atoms with Gasteiger partial charge in [0.2, 0.25) is 5.91 Å². The SMILES string of the molecule is C=Cc1ccc(C(=O)Nc2cccc(NC(=O)C(C)(C)C)n2)cc1. The maximum atomic E-state index is 12.2. The van der Waals surface area contributed by atoms with Crippen molar-refractivity contribution < 1.29 is 9.59 Å². The quantitative estimate of drug-likeness (QED) is 0.894. The Hall–Kier alpha value is -2.95. The number of nitrogens with one attached hydrogen (secondary N) is 2. The molecule has 2 rings (SSSR count). The highest BCUT2D eigenvalue weighted by atomic mass is 16.2. The monoisotopic (exact) mass is 323 g/mol. The minimum Gasteiger partial charge on any atom is -0.310 e. The first-order valence-electron chi connectivity index (χ1n) is 7.62. The number of benzene rings is 1. The van der Waals surface area contributed by atoms with Gasteiger partial charge in [-0.05, 0) is 29.8 Å². The second kappa shape index (κ2) is 7.08. The third kappa shape index (κ3) is 4.52. The van der Waals surface area contributed by atoms with Crippen LogP contribution in [-0.2, 0) is 4.79 Å². The zero-order valence-corrected chi connectivity index (χ0v) is 14.1. The van der Waals surface area contributed by atoms with E-state index in [1.54, 1.807) is 36.4 Å². The molecule has 0 saturated heterocycles. The number of hydrogen-bond donors (Lipinski definition) is 2. The zero-order valence-electron chi connectivity index (χ0n) is 14.1. The molecule has 0 aliphatic heterocycles. The van der Waals surface area contributed by atoms with Crippen molar-refractivity contribution in [1.29, 1.82) is 0 Å². The maximum Gasteiger partial charge on any atom is 0.256 e. The predicted molar refractivity (Wildman–Crippen MR) is 96.8 cm³/mol. The highest BCUT2D eigenvalue weighted by molar-refractivity contribution is 6.04. The van der Waals surface area contributed by atoms with Crippen LogP contribution in [0.15, 0.2) is 49.0 Å². The van der Waals surface area contributed by atoms with E-state index in [9.17, 15) is 9.59 Å². The number of hydrogen-bond acceptors (Lipinski definition) is 3. The first-order valence-corrected chi connectivity index (χ1v) is 7.62. The van der Waals surface area contributed by atoms with E-state index in [1.165, 1.54) is 0 Å². The summed E-state index contributed by atoms with van der Waals surface area (Å²) < 4.78 is 0. The Morgan fingerprint density at radius 2 is 1.58 bits per heavy atom. The lowest BCUT2D eigenvalue weighted by Crippen LogP contribution is -2.28. The number of anilines is 2. The molecule has 2 aromatic rings. The maximum absolute atomic E-state index is 12.2. The highest BCUT2D eigenvalue weighted by Gasteiger charge is 2.21. The molecule has 0 aliphatic rings. The van der Waals surface area contributed by atoms with Crippen molar-refractivity contribution in [3.63, 3.8) is 0 Å². The van der Waals surface area contributed by atoms with Gasteiger partial charge >= 0.3 is 0 Å². The Morgan fingerprint density at radius 3 is 2.12 bits per heavy atom. The molecule has 1 aromatic heterocycles. The van der Waals surface area contributed by atoms with Crippen LogP contribution in [0, 0.1) is 5.41 Å². The first-order chi connectivity index (χ1) is 11.3. The molecule has 0 radical (unpaired) electrons. The molecule has 0 bridgehead atoms. The van der Waals surface area contributed by atoms with Crippen molar-refractivity contribution in [1.82, 2.24) is 4.98 Å². The average Bonchev–Trinajstić information content (AvgIpc) is 2.54. The summed E-state index contributed by atoms with van der Waals surface area (Å²) in [4.78, 5) is 28.5. The summed E-state index contributed by atoms with van der Waals surface area (Å²) in [5.74, 6) is 0.366. The molecule has 0 spiro atoms. The Labute approximate surface area is 141 Å². The summed E-state index contributed by atoms with van der Waals surface area (Å²) in [5.41, 5.74) is 0.941. The summed E-state index contributed by atoms with van der Waals surface area (Å²) in [6.07, 6.45) is 1.71. The van der Waals surface area contributed by atoms with Crippen molar-refractivity contribution >= 4 is 29.5 Å². The van der Waals surface area contributed by atoms with E-state index in [4.69, 9.17) is 0 Å². The summed E-state index contributed by atoms with van der Waals surface area (Å²) in [7, 11) is 0. The Morgan fingerprint density at radius 1 is 1.00 bits per heavy atom. The van der Waals surface area contributed by atoms with Gasteiger partial charge < -0.3 is 10.6 Å². The van der Waals surface area contributed by atoms with Crippen LogP contribution in [0.5, 0.6) is 0 Å². The summed E-state index contributed by atoms with van der Waals surface area (Å²) in [6, 6.07) is 12.1. The second-order valence-electron chi connectivity index (χ2n) is 6.39. The molecule has 0 aliphatic carbocycles. The van der Waals surface area contributed by atoms with Gasteiger partial charge in [-0.2, -0.15) is 0 Å². The van der Waals surface area contributed by atoms with Gasteiger partial charge in [0.05, 0.1) is 0 Å². The van der Waals surface area contributed by atoms with Crippen molar-refractivity contribution in [2.75, 3.05) is 10.6 Å². The van der Waals surface area contributed by atoms with Gasteiger partial charge in [0.25, 0.3) is 5.91 Å². The van der Waals surface area contributed by atoms with Gasteiger partial charge in [0.1, 0.15) is 11.6 Å². The molecule has 0 unspecified atom stereocenters. The topological polar surface area (TPSA) is 71.1 Å². The molecule has 124 valence electrons. The number of amides is 2. The summed E-state index contributed by atoms with van der Waals surface area (Å²) in [5, 5.41) is 5.46. The lowest BCUT2D eigenvalue weighted by atomic mass is 9.96. The number of carbonyl (C=O) groups is 2.